The van der Waals surface area contributed by atoms with Crippen molar-refractivity contribution in [2.24, 2.45) is 0 Å². The second-order valence-corrected chi connectivity index (χ2v) is 5.75. The fourth-order valence-corrected chi connectivity index (χ4v) is 2.08. The Hall–Kier alpha value is -0.780. The van der Waals surface area contributed by atoms with E-state index in [0.29, 0.717) is 5.41 Å². The maximum atomic E-state index is 2.32. The Bertz CT molecular complexity index is 305. The molecular weight excluding hydrogens is 204 g/mol. The van der Waals surface area contributed by atoms with Crippen molar-refractivity contribution >= 4 is 0 Å². The van der Waals surface area contributed by atoms with Gasteiger partial charge < -0.3 is 0 Å². The third kappa shape index (κ3) is 4.53. The van der Waals surface area contributed by atoms with Crippen molar-refractivity contribution in [3.8, 4) is 0 Å². The van der Waals surface area contributed by atoms with Gasteiger partial charge in [0.05, 0.1) is 0 Å². The van der Waals surface area contributed by atoms with Crippen molar-refractivity contribution in [3.05, 3.63) is 35.4 Å². The zero-order valence-corrected chi connectivity index (χ0v) is 12.1. The van der Waals surface area contributed by atoms with E-state index in [-0.39, 0.29) is 0 Å². The monoisotopic (exact) mass is 232 g/mol. The van der Waals surface area contributed by atoms with Crippen molar-refractivity contribution in [2.75, 3.05) is 0 Å². The van der Waals surface area contributed by atoms with Crippen LogP contribution >= 0.6 is 0 Å². The third-order valence-corrected chi connectivity index (χ3v) is 3.94. The minimum absolute atomic E-state index is 0.320. The maximum absolute atomic E-state index is 2.32. The second kappa shape index (κ2) is 6.83. The van der Waals surface area contributed by atoms with E-state index in [2.05, 4.69) is 52.0 Å². The SMILES string of the molecule is CCCCCCc1ccc(C(C)(C)CC)cc1. The molecule has 0 saturated carbocycles. The van der Waals surface area contributed by atoms with Gasteiger partial charge in [0, 0.05) is 0 Å². The van der Waals surface area contributed by atoms with Crippen LogP contribution in [0, 0.1) is 0 Å². The van der Waals surface area contributed by atoms with Crippen LogP contribution in [0.2, 0.25) is 0 Å². The first kappa shape index (κ1) is 14.3. The van der Waals surface area contributed by atoms with E-state index in [0.717, 1.165) is 0 Å². The number of aryl methyl sites for hydroxylation is 1. The summed E-state index contributed by atoms with van der Waals surface area (Å²) in [6.45, 7) is 9.17. The van der Waals surface area contributed by atoms with E-state index < -0.39 is 0 Å². The standard InChI is InChI=1S/C17H28/c1-5-7-8-9-10-15-11-13-16(14-12-15)17(3,4)6-2/h11-14H,5-10H2,1-4H3. The zero-order valence-electron chi connectivity index (χ0n) is 12.1. The summed E-state index contributed by atoms with van der Waals surface area (Å²) in [4.78, 5) is 0. The first-order valence-electron chi connectivity index (χ1n) is 7.19. The van der Waals surface area contributed by atoms with Crippen LogP contribution in [-0.4, -0.2) is 0 Å². The van der Waals surface area contributed by atoms with E-state index >= 15 is 0 Å². The molecule has 17 heavy (non-hydrogen) atoms. The fraction of sp³-hybridized carbons (Fsp3) is 0.647. The van der Waals surface area contributed by atoms with Gasteiger partial charge in [0.1, 0.15) is 0 Å². The number of unbranched alkanes of at least 4 members (excludes halogenated alkanes) is 3. The molecule has 0 bridgehead atoms. The van der Waals surface area contributed by atoms with Crippen molar-refractivity contribution in [1.29, 1.82) is 0 Å². The Balaban J connectivity index is 2.50. The zero-order chi connectivity index (χ0) is 12.7. The lowest BCUT2D eigenvalue weighted by Gasteiger charge is -2.23. The molecule has 0 amide bonds. The Morgan fingerprint density at radius 2 is 1.53 bits per heavy atom. The van der Waals surface area contributed by atoms with E-state index in [1.54, 1.807) is 0 Å². The van der Waals surface area contributed by atoms with Gasteiger partial charge in [-0.05, 0) is 35.8 Å². The molecule has 0 N–H and O–H groups in total. The summed E-state index contributed by atoms with van der Waals surface area (Å²) in [5.41, 5.74) is 3.29. The highest BCUT2D eigenvalue weighted by Crippen LogP contribution is 2.26. The summed E-state index contributed by atoms with van der Waals surface area (Å²) in [6, 6.07) is 9.27. The molecule has 0 aliphatic heterocycles. The molecule has 0 heteroatoms. The van der Waals surface area contributed by atoms with Crippen LogP contribution in [0.5, 0.6) is 0 Å². The Morgan fingerprint density at radius 3 is 2.06 bits per heavy atom. The van der Waals surface area contributed by atoms with Crippen molar-refractivity contribution < 1.29 is 0 Å². The highest BCUT2D eigenvalue weighted by atomic mass is 14.2. The predicted molar refractivity (Wildman–Crippen MR) is 77.6 cm³/mol. The highest BCUT2D eigenvalue weighted by molar-refractivity contribution is 5.28. The van der Waals surface area contributed by atoms with Crippen LogP contribution in [0.25, 0.3) is 0 Å². The molecule has 0 unspecified atom stereocenters. The Labute approximate surface area is 107 Å². The molecule has 1 aromatic rings. The number of hydrogen-bond donors (Lipinski definition) is 0. The van der Waals surface area contributed by atoms with Crippen LogP contribution in [0.15, 0.2) is 24.3 Å². The first-order chi connectivity index (χ1) is 8.10. The van der Waals surface area contributed by atoms with Gasteiger partial charge in [0.25, 0.3) is 0 Å². The summed E-state index contributed by atoms with van der Waals surface area (Å²) in [5.74, 6) is 0. The van der Waals surface area contributed by atoms with Gasteiger partial charge in [-0.15, -0.1) is 0 Å². The maximum Gasteiger partial charge on any atom is -0.0106 e. The number of hydrogen-bond acceptors (Lipinski definition) is 0. The van der Waals surface area contributed by atoms with Crippen molar-refractivity contribution in [2.45, 2.75) is 71.6 Å². The molecule has 0 spiro atoms. The largest absolute Gasteiger partial charge is 0.0654 e. The van der Waals surface area contributed by atoms with Gasteiger partial charge in [-0.25, -0.2) is 0 Å². The van der Waals surface area contributed by atoms with E-state index in [1.165, 1.54) is 49.7 Å². The molecule has 0 aromatic heterocycles. The molecule has 0 atom stereocenters. The quantitative estimate of drug-likeness (QED) is 0.545. The Kier molecular flexibility index (Phi) is 5.74. The molecule has 0 heterocycles. The summed E-state index contributed by atoms with van der Waals surface area (Å²) >= 11 is 0. The van der Waals surface area contributed by atoms with Crippen LogP contribution < -0.4 is 0 Å². The molecule has 0 fully saturated rings. The topological polar surface area (TPSA) is 0 Å². The second-order valence-electron chi connectivity index (χ2n) is 5.75. The summed E-state index contributed by atoms with van der Waals surface area (Å²) in [5, 5.41) is 0. The van der Waals surface area contributed by atoms with Crippen LogP contribution in [0.1, 0.15) is 70.9 Å². The molecule has 0 radical (unpaired) electrons. The highest BCUT2D eigenvalue weighted by Gasteiger charge is 2.17. The Morgan fingerprint density at radius 1 is 0.882 bits per heavy atom. The lowest BCUT2D eigenvalue weighted by Crippen LogP contribution is -2.15. The minimum Gasteiger partial charge on any atom is -0.0654 e. The van der Waals surface area contributed by atoms with Crippen molar-refractivity contribution in [1.82, 2.24) is 0 Å². The average Bonchev–Trinajstić information content (AvgIpc) is 2.35. The summed E-state index contributed by atoms with van der Waals surface area (Å²) in [6.07, 6.45) is 7.85. The molecular formula is C17H28. The molecule has 1 rings (SSSR count). The smallest absolute Gasteiger partial charge is 0.0106 e. The normalized spacial score (nSPS) is 11.8. The van der Waals surface area contributed by atoms with E-state index in [4.69, 9.17) is 0 Å². The first-order valence-corrected chi connectivity index (χ1v) is 7.19. The molecule has 0 saturated heterocycles. The van der Waals surface area contributed by atoms with Gasteiger partial charge in [0.2, 0.25) is 0 Å². The average molecular weight is 232 g/mol. The number of benzene rings is 1. The van der Waals surface area contributed by atoms with E-state index in [9.17, 15) is 0 Å². The molecule has 96 valence electrons. The van der Waals surface area contributed by atoms with Gasteiger partial charge in [-0.1, -0.05) is 71.2 Å². The molecule has 0 aliphatic rings. The minimum atomic E-state index is 0.320. The van der Waals surface area contributed by atoms with Gasteiger partial charge in [-0.3, -0.25) is 0 Å². The van der Waals surface area contributed by atoms with Crippen LogP contribution in [-0.2, 0) is 11.8 Å². The molecule has 1 aromatic carbocycles. The van der Waals surface area contributed by atoms with Crippen LogP contribution in [0.4, 0.5) is 0 Å². The lowest BCUT2D eigenvalue weighted by molar-refractivity contribution is 0.506. The molecule has 0 nitrogen and oxygen atoms in total. The van der Waals surface area contributed by atoms with Gasteiger partial charge in [0.15, 0.2) is 0 Å². The third-order valence-electron chi connectivity index (χ3n) is 3.94. The van der Waals surface area contributed by atoms with Crippen LogP contribution in [0.3, 0.4) is 0 Å². The number of rotatable bonds is 7. The predicted octanol–water partition coefficient (Wildman–Crippen LogP) is 5.50. The summed E-state index contributed by atoms with van der Waals surface area (Å²) in [7, 11) is 0. The molecule has 0 aliphatic carbocycles. The summed E-state index contributed by atoms with van der Waals surface area (Å²) < 4.78 is 0. The lowest BCUT2D eigenvalue weighted by atomic mass is 9.82. The van der Waals surface area contributed by atoms with Gasteiger partial charge in [-0.2, -0.15) is 0 Å². The van der Waals surface area contributed by atoms with E-state index in [1.807, 2.05) is 0 Å². The van der Waals surface area contributed by atoms with Crippen molar-refractivity contribution in [3.63, 3.8) is 0 Å². The van der Waals surface area contributed by atoms with Gasteiger partial charge >= 0.3 is 0 Å². The fourth-order valence-electron chi connectivity index (χ4n) is 2.08.